The van der Waals surface area contributed by atoms with Gasteiger partial charge in [-0.1, -0.05) is 15.9 Å². The first-order valence-corrected chi connectivity index (χ1v) is 6.46. The third kappa shape index (κ3) is 2.94. The highest BCUT2D eigenvalue weighted by atomic mass is 79.9. The van der Waals surface area contributed by atoms with Crippen molar-refractivity contribution >= 4 is 15.9 Å². The number of rotatable bonds is 4. The number of hydrogen-bond donors (Lipinski definition) is 1. The zero-order valence-corrected chi connectivity index (χ0v) is 11.9. The van der Waals surface area contributed by atoms with Gasteiger partial charge < -0.3 is 14.3 Å². The van der Waals surface area contributed by atoms with Crippen molar-refractivity contribution in [1.29, 1.82) is 0 Å². The van der Waals surface area contributed by atoms with E-state index in [0.717, 1.165) is 21.5 Å². The van der Waals surface area contributed by atoms with E-state index in [1.807, 2.05) is 31.2 Å². The molecular formula is C14H15BrO3. The summed E-state index contributed by atoms with van der Waals surface area (Å²) in [5, 5.41) is 10.1. The zero-order chi connectivity index (χ0) is 13.1. The van der Waals surface area contributed by atoms with Gasteiger partial charge in [0, 0.05) is 10.9 Å². The first kappa shape index (κ1) is 13.2. The second-order valence-electron chi connectivity index (χ2n) is 4.12. The summed E-state index contributed by atoms with van der Waals surface area (Å²) in [6.45, 7) is 1.86. The molecule has 0 spiro atoms. The molecule has 2 aromatic rings. The number of aliphatic hydroxyl groups excluding tert-OH is 1. The average molecular weight is 311 g/mol. The normalized spacial score (nSPS) is 12.4. The van der Waals surface area contributed by atoms with Crippen LogP contribution in [0, 0.1) is 6.92 Å². The lowest BCUT2D eigenvalue weighted by atomic mass is 10.1. The summed E-state index contributed by atoms with van der Waals surface area (Å²) in [4.78, 5) is 0. The lowest BCUT2D eigenvalue weighted by Crippen LogP contribution is -2.02. The van der Waals surface area contributed by atoms with Crippen LogP contribution in [0.5, 0.6) is 5.75 Å². The van der Waals surface area contributed by atoms with Crippen LogP contribution in [0.3, 0.4) is 0 Å². The molecule has 0 aliphatic heterocycles. The predicted octanol–water partition coefficient (Wildman–Crippen LogP) is 3.64. The largest absolute Gasteiger partial charge is 0.496 e. The van der Waals surface area contributed by atoms with Crippen LogP contribution in [0.1, 0.15) is 23.2 Å². The number of furan rings is 1. The SMILES string of the molecule is COc1ccc(Br)cc1CC(O)c1ccc(C)o1. The van der Waals surface area contributed by atoms with Crippen LogP contribution in [0.25, 0.3) is 0 Å². The minimum atomic E-state index is -0.665. The molecule has 1 aromatic carbocycles. The van der Waals surface area contributed by atoms with Gasteiger partial charge in [-0.3, -0.25) is 0 Å². The van der Waals surface area contributed by atoms with Gasteiger partial charge in [0.05, 0.1) is 7.11 Å². The van der Waals surface area contributed by atoms with E-state index in [2.05, 4.69) is 15.9 Å². The van der Waals surface area contributed by atoms with Crippen LogP contribution in [0.15, 0.2) is 39.2 Å². The van der Waals surface area contributed by atoms with E-state index in [0.29, 0.717) is 12.2 Å². The Bertz CT molecular complexity index is 534. The minimum Gasteiger partial charge on any atom is -0.496 e. The number of methoxy groups -OCH3 is 1. The quantitative estimate of drug-likeness (QED) is 0.937. The third-order valence-electron chi connectivity index (χ3n) is 2.75. The maximum absolute atomic E-state index is 10.1. The summed E-state index contributed by atoms with van der Waals surface area (Å²) in [5.41, 5.74) is 0.938. The van der Waals surface area contributed by atoms with Gasteiger partial charge in [0.25, 0.3) is 0 Å². The molecule has 1 atom stereocenters. The van der Waals surface area contributed by atoms with Crippen LogP contribution in [0.4, 0.5) is 0 Å². The molecule has 1 unspecified atom stereocenters. The van der Waals surface area contributed by atoms with Gasteiger partial charge in [-0.05, 0) is 42.8 Å². The Morgan fingerprint density at radius 2 is 2.11 bits per heavy atom. The Balaban J connectivity index is 2.20. The number of halogens is 1. The van der Waals surface area contributed by atoms with Crippen LogP contribution in [-0.4, -0.2) is 12.2 Å². The van der Waals surface area contributed by atoms with Crippen molar-refractivity contribution in [3.8, 4) is 5.75 Å². The molecule has 18 heavy (non-hydrogen) atoms. The maximum Gasteiger partial charge on any atom is 0.132 e. The lowest BCUT2D eigenvalue weighted by Gasteiger charge is -2.12. The van der Waals surface area contributed by atoms with Crippen molar-refractivity contribution in [2.75, 3.05) is 7.11 Å². The minimum absolute atomic E-state index is 0.454. The Labute approximate surface area is 115 Å². The fourth-order valence-electron chi connectivity index (χ4n) is 1.85. The Kier molecular flexibility index (Phi) is 4.09. The van der Waals surface area contributed by atoms with Gasteiger partial charge in [0.15, 0.2) is 0 Å². The van der Waals surface area contributed by atoms with Crippen molar-refractivity contribution in [2.24, 2.45) is 0 Å². The molecule has 0 radical (unpaired) electrons. The summed E-state index contributed by atoms with van der Waals surface area (Å²) in [6.07, 6.45) is -0.211. The fourth-order valence-corrected chi connectivity index (χ4v) is 2.26. The summed E-state index contributed by atoms with van der Waals surface area (Å²) < 4.78 is 11.7. The van der Waals surface area contributed by atoms with E-state index < -0.39 is 6.10 Å². The predicted molar refractivity (Wildman–Crippen MR) is 72.8 cm³/mol. The molecule has 2 rings (SSSR count). The van der Waals surface area contributed by atoms with Crippen molar-refractivity contribution in [2.45, 2.75) is 19.4 Å². The molecule has 4 heteroatoms. The summed E-state index contributed by atoms with van der Waals surface area (Å²) in [5.74, 6) is 2.14. The monoisotopic (exact) mass is 310 g/mol. The van der Waals surface area contributed by atoms with E-state index in [1.165, 1.54) is 0 Å². The molecule has 0 aliphatic carbocycles. The molecular weight excluding hydrogens is 296 g/mol. The van der Waals surface area contributed by atoms with Crippen LogP contribution >= 0.6 is 15.9 Å². The summed E-state index contributed by atoms with van der Waals surface area (Å²) in [6, 6.07) is 9.37. The lowest BCUT2D eigenvalue weighted by molar-refractivity contribution is 0.148. The first-order valence-electron chi connectivity index (χ1n) is 5.67. The van der Waals surface area contributed by atoms with Crippen LogP contribution < -0.4 is 4.74 Å². The number of aliphatic hydroxyl groups is 1. The van der Waals surface area contributed by atoms with Gasteiger partial charge in [-0.15, -0.1) is 0 Å². The molecule has 96 valence electrons. The molecule has 1 aromatic heterocycles. The number of benzene rings is 1. The highest BCUT2D eigenvalue weighted by molar-refractivity contribution is 9.10. The first-order chi connectivity index (χ1) is 8.60. The maximum atomic E-state index is 10.1. The van der Waals surface area contributed by atoms with Gasteiger partial charge in [-0.2, -0.15) is 0 Å². The van der Waals surface area contributed by atoms with E-state index >= 15 is 0 Å². The average Bonchev–Trinajstić information content (AvgIpc) is 2.76. The fraction of sp³-hybridized carbons (Fsp3) is 0.286. The molecule has 0 aliphatic rings. The second-order valence-corrected chi connectivity index (χ2v) is 5.04. The van der Waals surface area contributed by atoms with Gasteiger partial charge in [-0.25, -0.2) is 0 Å². The Morgan fingerprint density at radius 1 is 1.33 bits per heavy atom. The molecule has 0 fully saturated rings. The molecule has 0 bridgehead atoms. The van der Waals surface area contributed by atoms with Crippen LogP contribution in [-0.2, 0) is 6.42 Å². The smallest absolute Gasteiger partial charge is 0.132 e. The van der Waals surface area contributed by atoms with Crippen molar-refractivity contribution in [3.63, 3.8) is 0 Å². The van der Waals surface area contributed by atoms with E-state index in [1.54, 1.807) is 13.2 Å². The standard InChI is InChI=1S/C14H15BrO3/c1-9-3-5-14(18-9)12(16)8-10-7-11(15)4-6-13(10)17-2/h3-7,12,16H,8H2,1-2H3. The molecule has 3 nitrogen and oxygen atoms in total. The van der Waals surface area contributed by atoms with Crippen molar-refractivity contribution in [3.05, 3.63) is 51.9 Å². The molecule has 1 N–H and O–H groups in total. The van der Waals surface area contributed by atoms with Gasteiger partial charge in [0.2, 0.25) is 0 Å². The van der Waals surface area contributed by atoms with Crippen LogP contribution in [0.2, 0.25) is 0 Å². The van der Waals surface area contributed by atoms with E-state index in [9.17, 15) is 5.11 Å². The number of aryl methyl sites for hydroxylation is 1. The number of ether oxygens (including phenoxy) is 1. The summed E-state index contributed by atoms with van der Waals surface area (Å²) >= 11 is 3.42. The van der Waals surface area contributed by atoms with Crippen molar-refractivity contribution < 1.29 is 14.3 Å². The molecule has 0 saturated heterocycles. The number of hydrogen-bond acceptors (Lipinski definition) is 3. The van der Waals surface area contributed by atoms with Crippen molar-refractivity contribution in [1.82, 2.24) is 0 Å². The second kappa shape index (κ2) is 5.59. The third-order valence-corrected chi connectivity index (χ3v) is 3.24. The van der Waals surface area contributed by atoms with Gasteiger partial charge in [0.1, 0.15) is 23.4 Å². The molecule has 0 saturated carbocycles. The Hall–Kier alpha value is -1.26. The van der Waals surface area contributed by atoms with E-state index in [-0.39, 0.29) is 0 Å². The summed E-state index contributed by atoms with van der Waals surface area (Å²) in [7, 11) is 1.62. The molecule has 0 amide bonds. The topological polar surface area (TPSA) is 42.6 Å². The highest BCUT2D eigenvalue weighted by Crippen LogP contribution is 2.28. The van der Waals surface area contributed by atoms with Gasteiger partial charge >= 0.3 is 0 Å². The zero-order valence-electron chi connectivity index (χ0n) is 10.3. The molecule has 1 heterocycles. The van der Waals surface area contributed by atoms with E-state index in [4.69, 9.17) is 9.15 Å². The highest BCUT2D eigenvalue weighted by Gasteiger charge is 2.15. The Morgan fingerprint density at radius 3 is 2.72 bits per heavy atom.